The largest absolute Gasteiger partial charge is 0.416 e. The Labute approximate surface area is 134 Å². The van der Waals surface area contributed by atoms with E-state index in [2.05, 4.69) is 29.5 Å². The third-order valence-electron chi connectivity index (χ3n) is 4.85. The van der Waals surface area contributed by atoms with E-state index < -0.39 is 11.7 Å². The molecule has 2 nitrogen and oxygen atoms in total. The van der Waals surface area contributed by atoms with Crippen molar-refractivity contribution >= 4 is 0 Å². The monoisotopic (exact) mass is 321 g/mol. The van der Waals surface area contributed by atoms with E-state index in [9.17, 15) is 13.2 Å². The van der Waals surface area contributed by atoms with Gasteiger partial charge in [0.2, 0.25) is 0 Å². The van der Waals surface area contributed by atoms with Crippen molar-refractivity contribution in [1.29, 1.82) is 0 Å². The normalized spacial score (nSPS) is 21.7. The zero-order valence-electron chi connectivity index (χ0n) is 13.1. The molecule has 0 bridgehead atoms. The minimum atomic E-state index is -4.30. The van der Waals surface area contributed by atoms with E-state index in [-0.39, 0.29) is 5.41 Å². The van der Waals surface area contributed by atoms with Crippen LogP contribution in [0.1, 0.15) is 24.0 Å². The van der Waals surface area contributed by atoms with Gasteiger partial charge in [0.15, 0.2) is 0 Å². The summed E-state index contributed by atoms with van der Waals surface area (Å²) >= 11 is 0. The summed E-state index contributed by atoms with van der Waals surface area (Å²) in [7, 11) is 2.07. The lowest BCUT2D eigenvalue weighted by molar-refractivity contribution is -0.137. The Bertz CT molecular complexity index is 606. The first-order chi connectivity index (χ1) is 10.9. The molecule has 2 aliphatic rings. The van der Waals surface area contributed by atoms with Crippen LogP contribution in [0.15, 0.2) is 42.0 Å². The first-order valence-corrected chi connectivity index (χ1v) is 7.81. The van der Waals surface area contributed by atoms with E-state index in [1.165, 1.54) is 12.1 Å². The molecule has 0 spiro atoms. The average Bonchev–Trinajstić information content (AvgIpc) is 2.56. The van der Waals surface area contributed by atoms with Crippen LogP contribution in [-0.2, 0) is 11.6 Å². The van der Waals surface area contributed by atoms with E-state index >= 15 is 0 Å². The summed E-state index contributed by atoms with van der Waals surface area (Å²) in [6.45, 7) is 2.58. The highest BCUT2D eigenvalue weighted by molar-refractivity contribution is 5.43. The van der Waals surface area contributed by atoms with Crippen molar-refractivity contribution in [2.45, 2.75) is 24.4 Å². The Balaban J connectivity index is 1.99. The third-order valence-corrected chi connectivity index (χ3v) is 4.85. The van der Waals surface area contributed by atoms with Crippen molar-refractivity contribution in [3.63, 3.8) is 0 Å². The molecule has 2 aliphatic heterocycles. The highest BCUT2D eigenvalue weighted by Gasteiger charge is 2.39. The van der Waals surface area contributed by atoms with E-state index in [1.54, 1.807) is 12.1 Å². The molecule has 5 heteroatoms. The zero-order valence-corrected chi connectivity index (χ0v) is 13.1. The molecular formula is C18H20F3N2. The molecule has 123 valence electrons. The summed E-state index contributed by atoms with van der Waals surface area (Å²) in [6, 6.07) is 5.64. The molecule has 0 aromatic heterocycles. The zero-order chi connectivity index (χ0) is 16.5. The van der Waals surface area contributed by atoms with E-state index in [4.69, 9.17) is 0 Å². The second-order valence-electron chi connectivity index (χ2n) is 6.28. The molecule has 0 saturated carbocycles. The highest BCUT2D eigenvalue weighted by Crippen LogP contribution is 2.43. The molecule has 0 amide bonds. The summed E-state index contributed by atoms with van der Waals surface area (Å²) < 4.78 is 38.5. The average molecular weight is 321 g/mol. The number of piperidine rings is 1. The van der Waals surface area contributed by atoms with Crippen LogP contribution in [0, 0.1) is 6.20 Å². The van der Waals surface area contributed by atoms with Gasteiger partial charge in [0.05, 0.1) is 11.8 Å². The van der Waals surface area contributed by atoms with Gasteiger partial charge in [-0.1, -0.05) is 24.3 Å². The maximum Gasteiger partial charge on any atom is 0.416 e. The van der Waals surface area contributed by atoms with Crippen LogP contribution in [0.5, 0.6) is 0 Å². The van der Waals surface area contributed by atoms with Crippen molar-refractivity contribution < 1.29 is 13.2 Å². The fourth-order valence-corrected chi connectivity index (χ4v) is 3.39. The summed E-state index contributed by atoms with van der Waals surface area (Å²) in [6.07, 6.45) is 4.78. The number of likely N-dealkylation sites (tertiary alicyclic amines) is 1. The highest BCUT2D eigenvalue weighted by atomic mass is 19.4. The van der Waals surface area contributed by atoms with E-state index in [0.717, 1.165) is 43.6 Å². The van der Waals surface area contributed by atoms with Crippen molar-refractivity contribution in [3.05, 3.63) is 59.3 Å². The van der Waals surface area contributed by atoms with Gasteiger partial charge in [0, 0.05) is 12.0 Å². The second-order valence-corrected chi connectivity index (χ2v) is 6.28. The van der Waals surface area contributed by atoms with Crippen LogP contribution < -0.4 is 5.32 Å². The van der Waals surface area contributed by atoms with Gasteiger partial charge in [0.25, 0.3) is 0 Å². The Hall–Kier alpha value is -1.75. The van der Waals surface area contributed by atoms with Crippen molar-refractivity contribution in [2.75, 3.05) is 26.7 Å². The summed E-state index contributed by atoms with van der Waals surface area (Å²) in [5.74, 6) is 0. The minimum absolute atomic E-state index is 0.263. The van der Waals surface area contributed by atoms with Gasteiger partial charge < -0.3 is 10.2 Å². The predicted octanol–water partition coefficient (Wildman–Crippen LogP) is 3.52. The molecule has 1 aromatic rings. The molecule has 0 unspecified atom stereocenters. The van der Waals surface area contributed by atoms with Crippen LogP contribution >= 0.6 is 0 Å². The number of benzene rings is 1. The molecule has 1 radical (unpaired) electrons. The number of rotatable bonds is 2. The molecule has 1 fully saturated rings. The molecular weight excluding hydrogens is 301 g/mol. The van der Waals surface area contributed by atoms with Crippen LogP contribution in [0.3, 0.4) is 0 Å². The molecule has 2 heterocycles. The lowest BCUT2D eigenvalue weighted by Gasteiger charge is -2.42. The summed E-state index contributed by atoms with van der Waals surface area (Å²) in [4.78, 5) is 2.25. The molecule has 0 aliphatic carbocycles. The standard InChI is InChI=1S/C18H20F3N2/c1-23-11-8-17(9-12-23,16-3-2-10-22-13-16)14-4-6-15(7-5-14)18(19,20)21/h2-7,22H,8-12H2,1H3. The third kappa shape index (κ3) is 3.15. The van der Waals surface area contributed by atoms with Crippen LogP contribution in [0.2, 0.25) is 0 Å². The first-order valence-electron chi connectivity index (χ1n) is 7.81. The van der Waals surface area contributed by atoms with Gasteiger partial charge in [-0.2, -0.15) is 13.2 Å². The molecule has 0 atom stereocenters. The second kappa shape index (κ2) is 6.04. The van der Waals surface area contributed by atoms with Crippen molar-refractivity contribution in [1.82, 2.24) is 10.2 Å². The van der Waals surface area contributed by atoms with Gasteiger partial charge in [-0.3, -0.25) is 0 Å². The van der Waals surface area contributed by atoms with Crippen LogP contribution in [-0.4, -0.2) is 31.6 Å². The maximum absolute atomic E-state index is 12.8. The molecule has 1 saturated heterocycles. The van der Waals surface area contributed by atoms with Crippen molar-refractivity contribution in [2.24, 2.45) is 0 Å². The number of dihydropyridines is 1. The lowest BCUT2D eigenvalue weighted by Crippen LogP contribution is -2.42. The Kier molecular flexibility index (Phi) is 4.23. The summed E-state index contributed by atoms with van der Waals surface area (Å²) in [5, 5.41) is 3.11. The van der Waals surface area contributed by atoms with Crippen LogP contribution in [0.4, 0.5) is 13.2 Å². The van der Waals surface area contributed by atoms with E-state index in [1.807, 2.05) is 6.08 Å². The van der Waals surface area contributed by atoms with Gasteiger partial charge in [-0.05, 0) is 56.2 Å². The van der Waals surface area contributed by atoms with Gasteiger partial charge in [0.1, 0.15) is 0 Å². The Morgan fingerprint density at radius 2 is 1.78 bits per heavy atom. The minimum Gasteiger partial charge on any atom is -0.380 e. The first kappa shape index (κ1) is 16.1. The van der Waals surface area contributed by atoms with Crippen LogP contribution in [0.25, 0.3) is 0 Å². The predicted molar refractivity (Wildman–Crippen MR) is 83.8 cm³/mol. The quantitative estimate of drug-likeness (QED) is 0.897. The molecule has 23 heavy (non-hydrogen) atoms. The number of allylic oxidation sites excluding steroid dienone is 2. The number of nitrogens with zero attached hydrogens (tertiary/aromatic N) is 1. The summed E-state index contributed by atoms with van der Waals surface area (Å²) in [5.41, 5.74) is 1.12. The molecule has 1 aromatic carbocycles. The number of hydrogen-bond donors (Lipinski definition) is 1. The van der Waals surface area contributed by atoms with Gasteiger partial charge >= 0.3 is 6.18 Å². The van der Waals surface area contributed by atoms with E-state index in [0.29, 0.717) is 0 Å². The smallest absolute Gasteiger partial charge is 0.380 e. The topological polar surface area (TPSA) is 15.3 Å². The number of hydrogen-bond acceptors (Lipinski definition) is 2. The molecule has 3 rings (SSSR count). The number of alkyl halides is 3. The molecule has 1 N–H and O–H groups in total. The lowest BCUT2D eigenvalue weighted by atomic mass is 9.67. The fourth-order valence-electron chi connectivity index (χ4n) is 3.39. The van der Waals surface area contributed by atoms with Gasteiger partial charge in [-0.25, -0.2) is 0 Å². The SMILES string of the molecule is CN1CCC(C2=[C]NCC=C2)(c2ccc(C(F)(F)F)cc2)CC1. The maximum atomic E-state index is 12.8. The number of nitrogens with one attached hydrogen (secondary N) is 1. The van der Waals surface area contributed by atoms with Gasteiger partial charge in [-0.15, -0.1) is 0 Å². The Morgan fingerprint density at radius 1 is 1.13 bits per heavy atom. The van der Waals surface area contributed by atoms with Crippen molar-refractivity contribution in [3.8, 4) is 0 Å². The number of halogens is 3. The Morgan fingerprint density at radius 3 is 2.30 bits per heavy atom. The fraction of sp³-hybridized carbons (Fsp3) is 0.444.